The van der Waals surface area contributed by atoms with E-state index in [9.17, 15) is 4.79 Å². The van der Waals surface area contributed by atoms with E-state index in [0.29, 0.717) is 4.88 Å². The third kappa shape index (κ3) is 2.60. The maximum atomic E-state index is 12.6. The second-order valence-electron chi connectivity index (χ2n) is 6.05. The van der Waals surface area contributed by atoms with Gasteiger partial charge >= 0.3 is 0 Å². The van der Waals surface area contributed by atoms with Crippen LogP contribution in [0.5, 0.6) is 0 Å². The molecule has 1 aliphatic rings. The number of nitrogens with zero attached hydrogens (tertiary/aromatic N) is 2. The van der Waals surface area contributed by atoms with Crippen LogP contribution in [0.1, 0.15) is 32.5 Å². The highest BCUT2D eigenvalue weighted by Gasteiger charge is 2.31. The lowest BCUT2D eigenvalue weighted by atomic mass is 10.1. The van der Waals surface area contributed by atoms with Gasteiger partial charge in [-0.1, -0.05) is 24.3 Å². The van der Waals surface area contributed by atoms with Crippen LogP contribution in [0.4, 0.5) is 0 Å². The van der Waals surface area contributed by atoms with Gasteiger partial charge in [0, 0.05) is 12.4 Å². The van der Waals surface area contributed by atoms with E-state index in [0.717, 1.165) is 27.9 Å². The second kappa shape index (κ2) is 6.20. The van der Waals surface area contributed by atoms with Crippen molar-refractivity contribution in [3.63, 3.8) is 0 Å². The summed E-state index contributed by atoms with van der Waals surface area (Å²) in [7, 11) is 1.90. The van der Waals surface area contributed by atoms with Gasteiger partial charge in [0.1, 0.15) is 4.83 Å². The molecule has 2 atom stereocenters. The molecule has 126 valence electrons. The Morgan fingerprint density at radius 1 is 1.42 bits per heavy atom. The SMILES string of the molecule is Cc1nn(C)c2sc(C(=O)N[C@@H]3Cc4ccccc4[C@H]3N)cc12.Cl. The van der Waals surface area contributed by atoms with Crippen LogP contribution in [0.2, 0.25) is 0 Å². The van der Waals surface area contributed by atoms with E-state index in [1.165, 1.54) is 16.9 Å². The Labute approximate surface area is 150 Å². The first-order valence-corrected chi connectivity index (χ1v) is 8.43. The van der Waals surface area contributed by atoms with E-state index in [2.05, 4.69) is 16.5 Å². The van der Waals surface area contributed by atoms with Gasteiger partial charge in [-0.15, -0.1) is 23.7 Å². The molecule has 0 aliphatic heterocycles. The number of thiophene rings is 1. The minimum Gasteiger partial charge on any atom is -0.346 e. The number of hydrogen-bond acceptors (Lipinski definition) is 4. The standard InChI is InChI=1S/C17H18N4OS.ClH/c1-9-12-8-14(23-17(12)21(2)20-9)16(22)19-13-7-10-5-3-4-6-11(10)15(13)18;/h3-6,8,13,15H,7,18H2,1-2H3,(H,19,22);1H/t13-,15-;/m1./s1. The molecule has 0 radical (unpaired) electrons. The first kappa shape index (κ1) is 17.0. The Bertz CT molecular complexity index is 882. The fraction of sp³-hybridized carbons (Fsp3) is 0.294. The number of nitrogens with one attached hydrogen (secondary N) is 1. The Balaban J connectivity index is 0.00000169. The summed E-state index contributed by atoms with van der Waals surface area (Å²) in [6, 6.07) is 9.85. The van der Waals surface area contributed by atoms with Crippen molar-refractivity contribution in [3.05, 3.63) is 52.0 Å². The predicted molar refractivity (Wildman–Crippen MR) is 98.9 cm³/mol. The number of fused-ring (bicyclic) bond motifs is 2. The lowest BCUT2D eigenvalue weighted by molar-refractivity contribution is 0.0937. The van der Waals surface area contributed by atoms with Crippen molar-refractivity contribution in [2.75, 3.05) is 0 Å². The normalized spacial score (nSPS) is 19.1. The van der Waals surface area contributed by atoms with E-state index in [1.807, 2.05) is 42.9 Å². The minimum absolute atomic E-state index is 0. The highest BCUT2D eigenvalue weighted by Crippen LogP contribution is 2.31. The first-order chi connectivity index (χ1) is 11.0. The summed E-state index contributed by atoms with van der Waals surface area (Å²) in [5.41, 5.74) is 9.60. The molecule has 7 heteroatoms. The number of carbonyl (C=O) groups is 1. The van der Waals surface area contributed by atoms with Crippen LogP contribution in [0.25, 0.3) is 10.2 Å². The fourth-order valence-electron chi connectivity index (χ4n) is 3.32. The number of rotatable bonds is 2. The largest absolute Gasteiger partial charge is 0.346 e. The summed E-state index contributed by atoms with van der Waals surface area (Å²) in [5.74, 6) is -0.0566. The van der Waals surface area contributed by atoms with Gasteiger partial charge in [0.05, 0.1) is 22.7 Å². The number of amides is 1. The first-order valence-electron chi connectivity index (χ1n) is 7.62. The monoisotopic (exact) mass is 362 g/mol. The molecule has 1 amide bonds. The molecule has 0 saturated carbocycles. The van der Waals surface area contributed by atoms with Gasteiger partial charge in [-0.25, -0.2) is 0 Å². The molecule has 0 saturated heterocycles. The van der Waals surface area contributed by atoms with E-state index >= 15 is 0 Å². The molecular formula is C17H19ClN4OS. The summed E-state index contributed by atoms with van der Waals surface area (Å²) in [4.78, 5) is 14.3. The number of hydrogen-bond donors (Lipinski definition) is 2. The van der Waals surface area contributed by atoms with E-state index in [4.69, 9.17) is 5.73 Å². The number of aryl methyl sites for hydroxylation is 2. The molecule has 0 spiro atoms. The zero-order chi connectivity index (χ0) is 16.1. The van der Waals surface area contributed by atoms with Gasteiger partial charge in [0.2, 0.25) is 0 Å². The lowest BCUT2D eigenvalue weighted by Crippen LogP contribution is -2.40. The Hall–Kier alpha value is -1.89. The van der Waals surface area contributed by atoms with Crippen molar-refractivity contribution >= 4 is 39.9 Å². The second-order valence-corrected chi connectivity index (χ2v) is 7.08. The molecule has 3 aromatic rings. The van der Waals surface area contributed by atoms with Crippen LogP contribution >= 0.6 is 23.7 Å². The molecule has 3 N–H and O–H groups in total. The van der Waals surface area contributed by atoms with Gasteiger partial charge in [-0.3, -0.25) is 9.48 Å². The van der Waals surface area contributed by atoms with Crippen LogP contribution < -0.4 is 11.1 Å². The van der Waals surface area contributed by atoms with Gasteiger partial charge < -0.3 is 11.1 Å². The third-order valence-electron chi connectivity index (χ3n) is 4.52. The topological polar surface area (TPSA) is 72.9 Å². The third-order valence-corrected chi connectivity index (χ3v) is 5.72. The van der Waals surface area contributed by atoms with Gasteiger partial charge in [-0.05, 0) is 30.5 Å². The molecule has 1 aliphatic carbocycles. The van der Waals surface area contributed by atoms with Gasteiger partial charge in [-0.2, -0.15) is 5.10 Å². The van der Waals surface area contributed by atoms with E-state index < -0.39 is 0 Å². The van der Waals surface area contributed by atoms with Crippen LogP contribution in [-0.2, 0) is 13.5 Å². The average molecular weight is 363 g/mol. The molecule has 2 aromatic heterocycles. The Morgan fingerprint density at radius 3 is 2.88 bits per heavy atom. The molecule has 2 heterocycles. The zero-order valence-corrected chi connectivity index (χ0v) is 15.1. The molecule has 0 fully saturated rings. The van der Waals surface area contributed by atoms with Crippen LogP contribution in [0.3, 0.4) is 0 Å². The maximum Gasteiger partial charge on any atom is 0.261 e. The van der Waals surface area contributed by atoms with Gasteiger partial charge in [0.25, 0.3) is 5.91 Å². The molecule has 0 unspecified atom stereocenters. The van der Waals surface area contributed by atoms with Crippen molar-refractivity contribution in [2.24, 2.45) is 12.8 Å². The maximum absolute atomic E-state index is 12.6. The lowest BCUT2D eigenvalue weighted by Gasteiger charge is -2.17. The van der Waals surface area contributed by atoms with Crippen molar-refractivity contribution in [2.45, 2.75) is 25.4 Å². The highest BCUT2D eigenvalue weighted by atomic mass is 35.5. The number of carbonyl (C=O) groups excluding carboxylic acids is 1. The summed E-state index contributed by atoms with van der Waals surface area (Å²) in [6.07, 6.45) is 0.786. The Morgan fingerprint density at radius 2 is 2.17 bits per heavy atom. The summed E-state index contributed by atoms with van der Waals surface area (Å²) in [6.45, 7) is 1.96. The molecule has 1 aromatic carbocycles. The van der Waals surface area contributed by atoms with E-state index in [1.54, 1.807) is 0 Å². The highest BCUT2D eigenvalue weighted by molar-refractivity contribution is 7.20. The van der Waals surface area contributed by atoms with Gasteiger partial charge in [0.15, 0.2) is 0 Å². The van der Waals surface area contributed by atoms with Crippen molar-refractivity contribution < 1.29 is 4.79 Å². The molecule has 5 nitrogen and oxygen atoms in total. The van der Waals surface area contributed by atoms with Crippen LogP contribution in [0.15, 0.2) is 30.3 Å². The zero-order valence-electron chi connectivity index (χ0n) is 13.4. The smallest absolute Gasteiger partial charge is 0.261 e. The number of halogens is 1. The molecule has 4 rings (SSSR count). The number of nitrogens with two attached hydrogens (primary N) is 1. The quantitative estimate of drug-likeness (QED) is 0.736. The van der Waals surface area contributed by atoms with E-state index in [-0.39, 0.29) is 30.4 Å². The minimum atomic E-state index is -0.145. The van der Waals surface area contributed by atoms with Crippen molar-refractivity contribution in [1.29, 1.82) is 0 Å². The summed E-state index contributed by atoms with van der Waals surface area (Å²) in [5, 5.41) is 8.51. The van der Waals surface area contributed by atoms with Crippen molar-refractivity contribution in [1.82, 2.24) is 15.1 Å². The average Bonchev–Trinajstić information content (AvgIpc) is 3.17. The van der Waals surface area contributed by atoms with Crippen LogP contribution in [-0.4, -0.2) is 21.7 Å². The van der Waals surface area contributed by atoms with Crippen molar-refractivity contribution in [3.8, 4) is 0 Å². The number of aromatic nitrogens is 2. The molecular weight excluding hydrogens is 344 g/mol. The number of benzene rings is 1. The summed E-state index contributed by atoms with van der Waals surface area (Å²) >= 11 is 1.47. The fourth-order valence-corrected chi connectivity index (χ4v) is 4.35. The van der Waals surface area contributed by atoms with Crippen LogP contribution in [0, 0.1) is 6.92 Å². The Kier molecular flexibility index (Phi) is 4.38. The molecule has 0 bridgehead atoms. The predicted octanol–water partition coefficient (Wildman–Crippen LogP) is 2.72. The molecule has 24 heavy (non-hydrogen) atoms. The summed E-state index contributed by atoms with van der Waals surface area (Å²) < 4.78 is 1.82.